The minimum atomic E-state index is -0.724. The number of unbranched alkanes of at least 4 members (excludes halogenated alkanes) is 6. The Balaban J connectivity index is 3.51. The Kier molecular flexibility index (Phi) is 13.0. The molecule has 0 aliphatic rings. The Morgan fingerprint density at radius 2 is 1.80 bits per heavy atom. The summed E-state index contributed by atoms with van der Waals surface area (Å²) < 4.78 is 0. The fraction of sp³-hybridized carbons (Fsp3) is 0.706. The molecule has 0 radical (unpaired) electrons. The number of carbonyl (C=O) groups is 1. The summed E-state index contributed by atoms with van der Waals surface area (Å²) in [5, 5.41) is 18.0. The molecule has 0 aromatic carbocycles. The highest BCUT2D eigenvalue weighted by Crippen LogP contribution is 2.04. The lowest BCUT2D eigenvalue weighted by Gasteiger charge is -2.00. The zero-order valence-electron chi connectivity index (χ0n) is 12.5. The average molecular weight is 278 g/mol. The molecule has 20 heavy (non-hydrogen) atoms. The van der Waals surface area contributed by atoms with Crippen LogP contribution in [-0.2, 0) is 4.79 Å². The molecule has 0 fully saturated rings. The van der Waals surface area contributed by atoms with Crippen LogP contribution in [-0.4, -0.2) is 22.3 Å². The van der Waals surface area contributed by atoms with Gasteiger partial charge in [-0.2, -0.15) is 0 Å². The zero-order valence-corrected chi connectivity index (χ0v) is 12.5. The molecule has 0 aromatic rings. The van der Waals surface area contributed by atoms with Crippen molar-refractivity contribution >= 4 is 5.97 Å². The molecule has 0 bridgehead atoms. The van der Waals surface area contributed by atoms with Crippen molar-refractivity contribution in [3.8, 4) is 23.7 Å². The predicted molar refractivity (Wildman–Crippen MR) is 81.0 cm³/mol. The highest BCUT2D eigenvalue weighted by Gasteiger charge is 1.97. The van der Waals surface area contributed by atoms with E-state index in [0.29, 0.717) is 0 Å². The smallest absolute Gasteiger partial charge is 0.303 e. The Morgan fingerprint density at radius 3 is 2.50 bits per heavy atom. The highest BCUT2D eigenvalue weighted by atomic mass is 16.4. The molecule has 0 saturated carbocycles. The third kappa shape index (κ3) is 14.6. The summed E-state index contributed by atoms with van der Waals surface area (Å²) in [5.74, 6) is 10.4. The molecule has 0 aliphatic heterocycles. The van der Waals surface area contributed by atoms with Crippen LogP contribution in [0.2, 0.25) is 0 Å². The molecule has 0 unspecified atom stereocenters. The first-order valence-electron chi connectivity index (χ1n) is 7.55. The van der Waals surface area contributed by atoms with E-state index in [0.717, 1.165) is 57.8 Å². The largest absolute Gasteiger partial charge is 0.481 e. The summed E-state index contributed by atoms with van der Waals surface area (Å²) >= 11 is 0. The van der Waals surface area contributed by atoms with Gasteiger partial charge in [0.15, 0.2) is 0 Å². The average Bonchev–Trinajstić information content (AvgIpc) is 2.41. The topological polar surface area (TPSA) is 57.5 Å². The molecular formula is C17H26O3. The van der Waals surface area contributed by atoms with Crippen molar-refractivity contribution in [3.63, 3.8) is 0 Å². The normalized spacial score (nSPS) is 10.9. The second-order valence-corrected chi connectivity index (χ2v) is 4.89. The van der Waals surface area contributed by atoms with E-state index in [1.807, 2.05) is 0 Å². The lowest BCUT2D eigenvalue weighted by Crippen LogP contribution is -2.01. The van der Waals surface area contributed by atoms with Crippen LogP contribution in [0.5, 0.6) is 0 Å². The Bertz CT molecular complexity index is 365. The summed E-state index contributed by atoms with van der Waals surface area (Å²) in [7, 11) is 0. The van der Waals surface area contributed by atoms with Crippen molar-refractivity contribution in [1.82, 2.24) is 0 Å². The number of hydrogen-bond acceptors (Lipinski definition) is 2. The van der Waals surface area contributed by atoms with Crippen molar-refractivity contribution in [2.45, 2.75) is 77.2 Å². The van der Waals surface area contributed by atoms with Crippen LogP contribution in [0.1, 0.15) is 71.1 Å². The number of aliphatic hydroxyl groups excluding tert-OH is 1. The number of aliphatic carboxylic acids is 1. The Hall–Kier alpha value is -1.45. The van der Waals surface area contributed by atoms with Crippen molar-refractivity contribution in [1.29, 1.82) is 0 Å². The molecule has 1 atom stereocenters. The van der Waals surface area contributed by atoms with Crippen LogP contribution in [0.25, 0.3) is 0 Å². The third-order valence-corrected chi connectivity index (χ3v) is 2.91. The first-order chi connectivity index (χ1) is 9.66. The molecule has 0 spiro atoms. The van der Waals surface area contributed by atoms with Gasteiger partial charge in [-0.3, -0.25) is 4.79 Å². The number of rotatable bonds is 10. The van der Waals surface area contributed by atoms with E-state index >= 15 is 0 Å². The van der Waals surface area contributed by atoms with Crippen molar-refractivity contribution in [2.24, 2.45) is 0 Å². The monoisotopic (exact) mass is 278 g/mol. The zero-order chi connectivity index (χ0) is 15.1. The fourth-order valence-corrected chi connectivity index (χ4v) is 1.73. The molecule has 112 valence electrons. The van der Waals surface area contributed by atoms with E-state index in [1.165, 1.54) is 0 Å². The number of carboxylic acids is 1. The molecule has 0 amide bonds. The number of carboxylic acid groups (broad SMARTS) is 1. The summed E-state index contributed by atoms with van der Waals surface area (Å²) in [6.07, 6.45) is 8.18. The second kappa shape index (κ2) is 14.0. The molecule has 3 nitrogen and oxygen atoms in total. The van der Waals surface area contributed by atoms with Gasteiger partial charge in [0.1, 0.15) is 6.10 Å². The van der Waals surface area contributed by atoms with Crippen LogP contribution >= 0.6 is 0 Å². The molecule has 0 saturated heterocycles. The van der Waals surface area contributed by atoms with Crippen LogP contribution in [0, 0.1) is 23.7 Å². The van der Waals surface area contributed by atoms with Gasteiger partial charge in [-0.05, 0) is 37.5 Å². The van der Waals surface area contributed by atoms with Gasteiger partial charge in [-0.25, -0.2) is 0 Å². The molecule has 0 rings (SSSR count). The minimum absolute atomic E-state index is 0.257. The van der Waals surface area contributed by atoms with Crippen LogP contribution in [0.15, 0.2) is 0 Å². The first kappa shape index (κ1) is 18.6. The maximum atomic E-state index is 10.3. The lowest BCUT2D eigenvalue weighted by atomic mass is 10.1. The molecule has 3 heteroatoms. The highest BCUT2D eigenvalue weighted by molar-refractivity contribution is 5.66. The summed E-state index contributed by atoms with van der Waals surface area (Å²) in [6.45, 7) is 2.13. The summed E-state index contributed by atoms with van der Waals surface area (Å²) in [4.78, 5) is 10.3. The lowest BCUT2D eigenvalue weighted by molar-refractivity contribution is -0.137. The van der Waals surface area contributed by atoms with Crippen LogP contribution < -0.4 is 0 Å². The van der Waals surface area contributed by atoms with Gasteiger partial charge in [0, 0.05) is 12.8 Å². The maximum absolute atomic E-state index is 10.3. The van der Waals surface area contributed by atoms with E-state index in [-0.39, 0.29) is 6.42 Å². The maximum Gasteiger partial charge on any atom is 0.303 e. The summed E-state index contributed by atoms with van der Waals surface area (Å²) in [6, 6.07) is 0. The van der Waals surface area contributed by atoms with E-state index in [4.69, 9.17) is 5.11 Å². The fourth-order valence-electron chi connectivity index (χ4n) is 1.73. The van der Waals surface area contributed by atoms with Crippen molar-refractivity contribution in [2.75, 3.05) is 0 Å². The third-order valence-electron chi connectivity index (χ3n) is 2.91. The first-order valence-corrected chi connectivity index (χ1v) is 7.55. The van der Waals surface area contributed by atoms with Gasteiger partial charge in [-0.15, -0.1) is 0 Å². The van der Waals surface area contributed by atoms with Gasteiger partial charge in [0.25, 0.3) is 0 Å². The SMILES string of the molecule is CCCCC[C@H](O)C#CC#CCCCCCCC(=O)O. The molecule has 2 N–H and O–H groups in total. The molecular weight excluding hydrogens is 252 g/mol. The van der Waals surface area contributed by atoms with Crippen LogP contribution in [0.3, 0.4) is 0 Å². The minimum Gasteiger partial charge on any atom is -0.481 e. The van der Waals surface area contributed by atoms with Crippen LogP contribution in [0.4, 0.5) is 0 Å². The molecule has 0 aliphatic carbocycles. The molecule has 0 aromatic heterocycles. The van der Waals surface area contributed by atoms with E-state index in [2.05, 4.69) is 30.6 Å². The second-order valence-electron chi connectivity index (χ2n) is 4.89. The summed E-state index contributed by atoms with van der Waals surface area (Å²) in [5.41, 5.74) is 0. The van der Waals surface area contributed by atoms with E-state index in [1.54, 1.807) is 0 Å². The Labute approximate surface area is 122 Å². The Morgan fingerprint density at radius 1 is 1.05 bits per heavy atom. The van der Waals surface area contributed by atoms with Gasteiger partial charge in [-0.1, -0.05) is 44.4 Å². The molecule has 0 heterocycles. The standard InChI is InChI=1S/C17H26O3/c1-2-3-10-13-16(18)14-11-8-6-4-5-7-9-12-15-17(19)20/h16,18H,2-5,7,9-10,12-13,15H2,1H3,(H,19,20)/t16-/m0/s1. The van der Waals surface area contributed by atoms with Crippen molar-refractivity contribution in [3.05, 3.63) is 0 Å². The van der Waals surface area contributed by atoms with Gasteiger partial charge < -0.3 is 10.2 Å². The van der Waals surface area contributed by atoms with E-state index < -0.39 is 12.1 Å². The quantitative estimate of drug-likeness (QED) is 0.476. The number of aliphatic hydroxyl groups is 1. The van der Waals surface area contributed by atoms with Gasteiger partial charge in [0.2, 0.25) is 0 Å². The number of hydrogen-bond donors (Lipinski definition) is 2. The predicted octanol–water partition coefficient (Wildman–Crippen LogP) is 3.36. The van der Waals surface area contributed by atoms with Gasteiger partial charge in [0.05, 0.1) is 0 Å². The van der Waals surface area contributed by atoms with Gasteiger partial charge >= 0.3 is 5.97 Å². The van der Waals surface area contributed by atoms with Crippen molar-refractivity contribution < 1.29 is 15.0 Å². The van der Waals surface area contributed by atoms with E-state index in [9.17, 15) is 9.90 Å².